The van der Waals surface area contributed by atoms with Crippen molar-refractivity contribution in [3.05, 3.63) is 94.2 Å². The molecule has 2 aromatic carbocycles. The van der Waals surface area contributed by atoms with E-state index < -0.39 is 0 Å². The number of methoxy groups -OCH3 is 1. The Balaban J connectivity index is 1.76. The lowest BCUT2D eigenvalue weighted by molar-refractivity contribution is -0.133. The predicted molar refractivity (Wildman–Crippen MR) is 124 cm³/mol. The van der Waals surface area contributed by atoms with Gasteiger partial charge in [-0.3, -0.25) is 9.59 Å². The zero-order valence-electron chi connectivity index (χ0n) is 17.8. The van der Waals surface area contributed by atoms with Gasteiger partial charge in [-0.2, -0.15) is 0 Å². The topological polar surface area (TPSA) is 49.9 Å². The van der Waals surface area contributed by atoms with E-state index in [-0.39, 0.29) is 18.4 Å². The molecule has 31 heavy (non-hydrogen) atoms. The van der Waals surface area contributed by atoms with E-state index in [1.165, 1.54) is 0 Å². The van der Waals surface area contributed by atoms with Crippen molar-refractivity contribution in [2.75, 3.05) is 26.8 Å². The quantitative estimate of drug-likeness (QED) is 0.417. The molecule has 0 N–H and O–H groups in total. The number of rotatable bonds is 11. The molecule has 6 heteroatoms. The van der Waals surface area contributed by atoms with Crippen LogP contribution in [0.5, 0.6) is 0 Å². The van der Waals surface area contributed by atoms with Crippen molar-refractivity contribution in [1.29, 1.82) is 0 Å². The van der Waals surface area contributed by atoms with Crippen LogP contribution in [0.1, 0.15) is 27.2 Å². The third-order valence-corrected chi connectivity index (χ3v) is 5.77. The minimum atomic E-state index is -0.138. The summed E-state index contributed by atoms with van der Waals surface area (Å²) in [6, 6.07) is 23.1. The number of ether oxygens (including phenoxy) is 1. The molecule has 1 heterocycles. The van der Waals surface area contributed by atoms with E-state index >= 15 is 0 Å². The first-order valence-electron chi connectivity index (χ1n) is 10.3. The average molecular weight is 437 g/mol. The lowest BCUT2D eigenvalue weighted by Gasteiger charge is -2.28. The number of carbonyl (C=O) groups excluding carboxylic acids is 2. The van der Waals surface area contributed by atoms with Gasteiger partial charge in [-0.15, -0.1) is 11.3 Å². The summed E-state index contributed by atoms with van der Waals surface area (Å²) in [6.45, 7) is 2.07. The number of hydrogen-bond donors (Lipinski definition) is 0. The number of amides is 2. The Labute approximate surface area is 187 Å². The first kappa shape index (κ1) is 22.7. The molecule has 0 aliphatic rings. The molecule has 2 amide bonds. The first-order chi connectivity index (χ1) is 15.2. The molecule has 3 aromatic rings. The highest BCUT2D eigenvalue weighted by atomic mass is 32.1. The van der Waals surface area contributed by atoms with Crippen molar-refractivity contribution >= 4 is 23.2 Å². The summed E-state index contributed by atoms with van der Waals surface area (Å²) in [7, 11) is 1.64. The summed E-state index contributed by atoms with van der Waals surface area (Å²) >= 11 is 1.63. The first-order valence-corrected chi connectivity index (χ1v) is 11.2. The fourth-order valence-electron chi connectivity index (χ4n) is 3.31. The molecule has 0 saturated carbocycles. The molecule has 0 atom stereocenters. The summed E-state index contributed by atoms with van der Waals surface area (Å²) in [5, 5.41) is 2.01. The maximum atomic E-state index is 13.4. The van der Waals surface area contributed by atoms with E-state index in [0.29, 0.717) is 38.2 Å². The van der Waals surface area contributed by atoms with Gasteiger partial charge in [-0.05, 0) is 35.6 Å². The number of hydrogen-bond acceptors (Lipinski definition) is 4. The van der Waals surface area contributed by atoms with Crippen molar-refractivity contribution in [3.8, 4) is 0 Å². The summed E-state index contributed by atoms with van der Waals surface area (Å²) in [4.78, 5) is 31.0. The van der Waals surface area contributed by atoms with Gasteiger partial charge in [0, 0.05) is 37.2 Å². The second-order valence-electron chi connectivity index (χ2n) is 7.25. The summed E-state index contributed by atoms with van der Waals surface area (Å²) < 4.78 is 5.15. The van der Waals surface area contributed by atoms with Gasteiger partial charge in [-0.25, -0.2) is 0 Å². The molecule has 0 aliphatic carbocycles. The molecular weight excluding hydrogens is 408 g/mol. The Morgan fingerprint density at radius 3 is 2.23 bits per heavy atom. The Morgan fingerprint density at radius 2 is 1.58 bits per heavy atom. The van der Waals surface area contributed by atoms with E-state index in [0.717, 1.165) is 10.4 Å². The number of nitrogens with zero attached hydrogens (tertiary/aromatic N) is 2. The van der Waals surface area contributed by atoms with Crippen LogP contribution in [0.25, 0.3) is 0 Å². The highest BCUT2D eigenvalue weighted by Gasteiger charge is 2.22. The maximum Gasteiger partial charge on any atom is 0.254 e. The number of thiophene rings is 1. The fraction of sp³-hybridized carbons (Fsp3) is 0.280. The predicted octanol–water partition coefficient (Wildman–Crippen LogP) is 4.46. The number of carbonyl (C=O) groups is 2. The van der Waals surface area contributed by atoms with Gasteiger partial charge in [0.15, 0.2) is 0 Å². The minimum absolute atomic E-state index is 0.0374. The van der Waals surface area contributed by atoms with Crippen LogP contribution in [0.4, 0.5) is 0 Å². The van der Waals surface area contributed by atoms with E-state index in [9.17, 15) is 9.59 Å². The van der Waals surface area contributed by atoms with Crippen molar-refractivity contribution in [3.63, 3.8) is 0 Å². The lowest BCUT2D eigenvalue weighted by Crippen LogP contribution is -2.43. The van der Waals surface area contributed by atoms with Crippen LogP contribution in [-0.4, -0.2) is 48.4 Å². The molecule has 0 aliphatic heterocycles. The van der Waals surface area contributed by atoms with Gasteiger partial charge in [-0.1, -0.05) is 54.6 Å². The van der Waals surface area contributed by atoms with Crippen LogP contribution >= 0.6 is 11.3 Å². The molecule has 0 fully saturated rings. The average Bonchev–Trinajstić information content (AvgIpc) is 3.32. The van der Waals surface area contributed by atoms with Crippen LogP contribution in [0.15, 0.2) is 78.2 Å². The second-order valence-corrected chi connectivity index (χ2v) is 8.29. The Hall–Kier alpha value is -2.96. The Kier molecular flexibility index (Phi) is 8.82. The summed E-state index contributed by atoms with van der Waals surface area (Å²) in [5.41, 5.74) is 1.65. The Morgan fingerprint density at radius 1 is 0.871 bits per heavy atom. The standard InChI is InChI=1S/C25H28N2O3S/c1-30-16-9-15-26(25(29)22-12-6-3-7-13-22)20-24(28)27(19-23-14-8-17-31-23)18-21-10-4-2-5-11-21/h2-8,10-14,17H,9,15-16,18-20H2,1H3. The third-order valence-electron chi connectivity index (χ3n) is 4.91. The summed E-state index contributed by atoms with van der Waals surface area (Å²) in [6.07, 6.45) is 0.673. The van der Waals surface area contributed by atoms with Gasteiger partial charge in [0.2, 0.25) is 5.91 Å². The molecule has 3 rings (SSSR count). The van der Waals surface area contributed by atoms with Gasteiger partial charge in [0.25, 0.3) is 5.91 Å². The van der Waals surface area contributed by atoms with Crippen molar-refractivity contribution in [2.45, 2.75) is 19.5 Å². The van der Waals surface area contributed by atoms with E-state index in [1.54, 1.807) is 35.5 Å². The van der Waals surface area contributed by atoms with Crippen LogP contribution in [0, 0.1) is 0 Å². The van der Waals surface area contributed by atoms with Crippen molar-refractivity contribution in [2.24, 2.45) is 0 Å². The van der Waals surface area contributed by atoms with Gasteiger partial charge in [0.1, 0.15) is 6.54 Å². The van der Waals surface area contributed by atoms with Crippen molar-refractivity contribution in [1.82, 2.24) is 9.80 Å². The van der Waals surface area contributed by atoms with Crippen LogP contribution in [0.3, 0.4) is 0 Å². The monoisotopic (exact) mass is 436 g/mol. The largest absolute Gasteiger partial charge is 0.385 e. The highest BCUT2D eigenvalue weighted by molar-refractivity contribution is 7.09. The molecule has 162 valence electrons. The van der Waals surface area contributed by atoms with E-state index in [4.69, 9.17) is 4.74 Å². The van der Waals surface area contributed by atoms with Crippen LogP contribution < -0.4 is 0 Å². The molecule has 0 saturated heterocycles. The molecule has 0 bridgehead atoms. The normalized spacial score (nSPS) is 10.6. The highest BCUT2D eigenvalue weighted by Crippen LogP contribution is 2.16. The Bertz CT molecular complexity index is 930. The molecular formula is C25H28N2O3S. The summed E-state index contributed by atoms with van der Waals surface area (Å²) in [5.74, 6) is -0.209. The van der Waals surface area contributed by atoms with Gasteiger partial charge in [0.05, 0.1) is 6.54 Å². The zero-order chi connectivity index (χ0) is 21.9. The lowest BCUT2D eigenvalue weighted by atomic mass is 10.2. The van der Waals surface area contributed by atoms with Gasteiger partial charge >= 0.3 is 0 Å². The zero-order valence-corrected chi connectivity index (χ0v) is 18.6. The smallest absolute Gasteiger partial charge is 0.254 e. The van der Waals surface area contributed by atoms with E-state index in [1.807, 2.05) is 70.9 Å². The number of benzene rings is 2. The molecule has 1 aromatic heterocycles. The fourth-order valence-corrected chi connectivity index (χ4v) is 4.02. The minimum Gasteiger partial charge on any atom is -0.385 e. The van der Waals surface area contributed by atoms with E-state index in [2.05, 4.69) is 0 Å². The molecule has 0 radical (unpaired) electrons. The second kappa shape index (κ2) is 12.0. The SMILES string of the molecule is COCCCN(CC(=O)N(Cc1ccccc1)Cc1cccs1)C(=O)c1ccccc1. The van der Waals surface area contributed by atoms with Crippen LogP contribution in [0.2, 0.25) is 0 Å². The third kappa shape index (κ3) is 7.05. The molecule has 0 unspecified atom stereocenters. The van der Waals surface area contributed by atoms with Crippen LogP contribution in [-0.2, 0) is 22.6 Å². The van der Waals surface area contributed by atoms with Crippen molar-refractivity contribution < 1.29 is 14.3 Å². The van der Waals surface area contributed by atoms with Gasteiger partial charge < -0.3 is 14.5 Å². The molecule has 0 spiro atoms. The maximum absolute atomic E-state index is 13.4. The molecule has 5 nitrogen and oxygen atoms in total.